The van der Waals surface area contributed by atoms with Crippen molar-refractivity contribution in [1.82, 2.24) is 0 Å². The minimum absolute atomic E-state index is 0.364. The van der Waals surface area contributed by atoms with Crippen LogP contribution in [0.3, 0.4) is 0 Å². The van der Waals surface area contributed by atoms with Gasteiger partial charge in [-0.05, 0) is 28.8 Å². The highest BCUT2D eigenvalue weighted by molar-refractivity contribution is 5.41. The van der Waals surface area contributed by atoms with Gasteiger partial charge in [0.05, 0.1) is 6.61 Å². The van der Waals surface area contributed by atoms with Gasteiger partial charge in [-0.25, -0.2) is 0 Å². The average molecular weight is 270 g/mol. The van der Waals surface area contributed by atoms with E-state index in [9.17, 15) is 5.11 Å². The van der Waals surface area contributed by atoms with Gasteiger partial charge in [-0.15, -0.1) is 0 Å². The summed E-state index contributed by atoms with van der Waals surface area (Å²) in [4.78, 5) is 0. The number of aliphatic hydroxyl groups excluding tert-OH is 1. The number of fused-ring (bicyclic) bond motifs is 1. The Balaban J connectivity index is 1.89. The molecule has 0 amide bonds. The second-order valence-electron chi connectivity index (χ2n) is 4.98. The molecule has 104 valence electrons. The van der Waals surface area contributed by atoms with Gasteiger partial charge < -0.3 is 14.6 Å². The van der Waals surface area contributed by atoms with E-state index in [0.717, 1.165) is 35.5 Å². The van der Waals surface area contributed by atoms with E-state index in [2.05, 4.69) is 0 Å². The summed E-state index contributed by atoms with van der Waals surface area (Å²) in [5.74, 6) is 0.926. The number of rotatable bonds is 4. The van der Waals surface area contributed by atoms with E-state index in [1.807, 2.05) is 48.5 Å². The van der Waals surface area contributed by atoms with Crippen LogP contribution in [0.15, 0.2) is 48.5 Å². The van der Waals surface area contributed by atoms with Gasteiger partial charge in [0, 0.05) is 13.5 Å². The summed E-state index contributed by atoms with van der Waals surface area (Å²) in [6.07, 6.45) is -0.149. The third-order valence-corrected chi connectivity index (χ3v) is 3.72. The van der Waals surface area contributed by atoms with E-state index in [-0.39, 0.29) is 6.10 Å². The Hall–Kier alpha value is -1.84. The number of methoxy groups -OCH3 is 1. The highest BCUT2D eigenvalue weighted by Gasteiger charge is 2.24. The first kappa shape index (κ1) is 13.2. The SMILES string of the molecule is COC(c1ccccc1)C(O)c1ccc2c(c1)CCO2. The van der Waals surface area contributed by atoms with Crippen molar-refractivity contribution in [2.75, 3.05) is 13.7 Å². The molecule has 0 fully saturated rings. The lowest BCUT2D eigenvalue weighted by Gasteiger charge is -2.22. The van der Waals surface area contributed by atoms with Gasteiger partial charge in [-0.1, -0.05) is 36.4 Å². The second-order valence-corrected chi connectivity index (χ2v) is 4.98. The minimum Gasteiger partial charge on any atom is -0.493 e. The third-order valence-electron chi connectivity index (χ3n) is 3.72. The van der Waals surface area contributed by atoms with Crippen molar-refractivity contribution in [3.8, 4) is 5.75 Å². The van der Waals surface area contributed by atoms with E-state index in [1.165, 1.54) is 0 Å². The first-order valence-corrected chi connectivity index (χ1v) is 6.81. The molecular weight excluding hydrogens is 252 g/mol. The van der Waals surface area contributed by atoms with Crippen LogP contribution in [-0.2, 0) is 11.2 Å². The Kier molecular flexibility index (Phi) is 3.72. The molecule has 3 heteroatoms. The summed E-state index contributed by atoms with van der Waals surface area (Å²) < 4.78 is 11.0. The summed E-state index contributed by atoms with van der Waals surface area (Å²) in [6.45, 7) is 0.723. The van der Waals surface area contributed by atoms with Crippen molar-refractivity contribution in [2.24, 2.45) is 0 Å². The van der Waals surface area contributed by atoms with Crippen molar-refractivity contribution < 1.29 is 14.6 Å². The highest BCUT2D eigenvalue weighted by atomic mass is 16.5. The molecule has 0 radical (unpaired) electrons. The molecule has 0 aromatic heterocycles. The van der Waals surface area contributed by atoms with Gasteiger partial charge in [0.2, 0.25) is 0 Å². The van der Waals surface area contributed by atoms with Crippen molar-refractivity contribution in [2.45, 2.75) is 18.6 Å². The maximum absolute atomic E-state index is 10.6. The van der Waals surface area contributed by atoms with E-state index >= 15 is 0 Å². The van der Waals surface area contributed by atoms with E-state index in [1.54, 1.807) is 7.11 Å². The lowest BCUT2D eigenvalue weighted by Crippen LogP contribution is -2.13. The average Bonchev–Trinajstić information content (AvgIpc) is 2.96. The molecule has 0 bridgehead atoms. The Morgan fingerprint density at radius 3 is 2.65 bits per heavy atom. The molecule has 2 aromatic carbocycles. The lowest BCUT2D eigenvalue weighted by molar-refractivity contribution is -0.0149. The molecule has 2 aromatic rings. The molecule has 3 rings (SSSR count). The van der Waals surface area contributed by atoms with Gasteiger partial charge in [0.1, 0.15) is 18.0 Å². The zero-order valence-electron chi connectivity index (χ0n) is 11.5. The molecule has 2 unspecified atom stereocenters. The van der Waals surface area contributed by atoms with Crippen LogP contribution in [0.1, 0.15) is 28.9 Å². The number of hydrogen-bond acceptors (Lipinski definition) is 3. The van der Waals surface area contributed by atoms with Crippen LogP contribution in [-0.4, -0.2) is 18.8 Å². The zero-order chi connectivity index (χ0) is 13.9. The normalized spacial score (nSPS) is 16.3. The number of ether oxygens (including phenoxy) is 2. The lowest BCUT2D eigenvalue weighted by atomic mass is 9.96. The molecule has 1 N–H and O–H groups in total. The largest absolute Gasteiger partial charge is 0.493 e. The van der Waals surface area contributed by atoms with Crippen molar-refractivity contribution in [3.05, 3.63) is 65.2 Å². The first-order chi connectivity index (χ1) is 9.79. The molecule has 0 spiro atoms. The molecule has 0 saturated carbocycles. The summed E-state index contributed by atoms with van der Waals surface area (Å²) in [7, 11) is 1.62. The smallest absolute Gasteiger partial charge is 0.122 e. The summed E-state index contributed by atoms with van der Waals surface area (Å²) in [5.41, 5.74) is 2.99. The van der Waals surface area contributed by atoms with E-state index in [4.69, 9.17) is 9.47 Å². The second kappa shape index (κ2) is 5.65. The summed E-state index contributed by atoms with van der Waals surface area (Å²) in [5, 5.41) is 10.6. The highest BCUT2D eigenvalue weighted by Crippen LogP contribution is 2.34. The van der Waals surface area contributed by atoms with E-state index < -0.39 is 6.10 Å². The minimum atomic E-state index is -0.687. The molecule has 1 aliphatic rings. The molecule has 1 heterocycles. The Bertz CT molecular complexity index is 580. The maximum Gasteiger partial charge on any atom is 0.122 e. The summed E-state index contributed by atoms with van der Waals surface area (Å²) >= 11 is 0. The van der Waals surface area contributed by atoms with Crippen LogP contribution in [0.4, 0.5) is 0 Å². The summed E-state index contributed by atoms with van der Waals surface area (Å²) in [6, 6.07) is 15.6. The predicted molar refractivity (Wildman–Crippen MR) is 76.8 cm³/mol. The molecule has 2 atom stereocenters. The number of hydrogen-bond donors (Lipinski definition) is 1. The van der Waals surface area contributed by atoms with Gasteiger partial charge in [-0.3, -0.25) is 0 Å². The molecule has 20 heavy (non-hydrogen) atoms. The number of benzene rings is 2. The standard InChI is InChI=1S/C17H18O3/c1-19-17(12-5-3-2-4-6-12)16(18)14-7-8-15-13(11-14)9-10-20-15/h2-8,11,16-18H,9-10H2,1H3. The fraction of sp³-hybridized carbons (Fsp3) is 0.294. The maximum atomic E-state index is 10.6. The van der Waals surface area contributed by atoms with Crippen LogP contribution in [0.25, 0.3) is 0 Å². The third kappa shape index (κ3) is 2.42. The molecular formula is C17H18O3. The quantitative estimate of drug-likeness (QED) is 0.928. The first-order valence-electron chi connectivity index (χ1n) is 6.81. The predicted octanol–water partition coefficient (Wildman–Crippen LogP) is 3.04. The molecule has 1 aliphatic heterocycles. The van der Waals surface area contributed by atoms with Gasteiger partial charge in [0.15, 0.2) is 0 Å². The van der Waals surface area contributed by atoms with Gasteiger partial charge in [0.25, 0.3) is 0 Å². The van der Waals surface area contributed by atoms with Crippen LogP contribution in [0.5, 0.6) is 5.75 Å². The molecule has 0 aliphatic carbocycles. The van der Waals surface area contributed by atoms with Crippen molar-refractivity contribution in [3.63, 3.8) is 0 Å². The Labute approximate surface area is 118 Å². The van der Waals surface area contributed by atoms with E-state index in [0.29, 0.717) is 0 Å². The van der Waals surface area contributed by atoms with Crippen LogP contribution in [0, 0.1) is 0 Å². The zero-order valence-corrected chi connectivity index (χ0v) is 11.5. The van der Waals surface area contributed by atoms with Crippen LogP contribution in [0.2, 0.25) is 0 Å². The van der Waals surface area contributed by atoms with Gasteiger partial charge >= 0.3 is 0 Å². The van der Waals surface area contributed by atoms with Crippen molar-refractivity contribution >= 4 is 0 Å². The Morgan fingerprint density at radius 2 is 1.90 bits per heavy atom. The Morgan fingerprint density at radius 1 is 1.10 bits per heavy atom. The van der Waals surface area contributed by atoms with Crippen LogP contribution < -0.4 is 4.74 Å². The van der Waals surface area contributed by atoms with Crippen molar-refractivity contribution in [1.29, 1.82) is 0 Å². The molecule has 0 saturated heterocycles. The fourth-order valence-electron chi connectivity index (χ4n) is 2.66. The molecule has 3 nitrogen and oxygen atoms in total. The monoisotopic (exact) mass is 270 g/mol. The fourth-order valence-corrected chi connectivity index (χ4v) is 2.66. The van der Waals surface area contributed by atoms with Crippen LogP contribution >= 0.6 is 0 Å². The topological polar surface area (TPSA) is 38.7 Å². The number of aliphatic hydroxyl groups is 1. The van der Waals surface area contributed by atoms with Gasteiger partial charge in [-0.2, -0.15) is 0 Å².